The van der Waals surface area contributed by atoms with E-state index in [1.165, 1.54) is 12.1 Å². The summed E-state index contributed by atoms with van der Waals surface area (Å²) in [4.78, 5) is 0.0326. The van der Waals surface area contributed by atoms with Gasteiger partial charge in [-0.05, 0) is 35.2 Å². The number of halogens is 2. The summed E-state index contributed by atoms with van der Waals surface area (Å²) in [6.45, 7) is 6.05. The van der Waals surface area contributed by atoms with Gasteiger partial charge in [-0.1, -0.05) is 32.9 Å². The maximum atomic E-state index is 13.1. The highest BCUT2D eigenvalue weighted by molar-refractivity contribution is 7.92. The average Bonchev–Trinajstić information content (AvgIpc) is 2.36. The second-order valence-corrected chi connectivity index (χ2v) is 7.72. The summed E-state index contributed by atoms with van der Waals surface area (Å²) in [6.07, 6.45) is 0. The van der Waals surface area contributed by atoms with Crippen molar-refractivity contribution in [3.05, 3.63) is 59.7 Å². The Bertz CT molecular complexity index is 759. The van der Waals surface area contributed by atoms with Crippen molar-refractivity contribution in [2.75, 3.05) is 4.72 Å². The summed E-state index contributed by atoms with van der Waals surface area (Å²) in [6, 6.07) is 8.91. The minimum absolute atomic E-state index is 0.0326. The van der Waals surface area contributed by atoms with Crippen LogP contribution in [-0.4, -0.2) is 8.42 Å². The van der Waals surface area contributed by atoms with E-state index in [0.29, 0.717) is 6.07 Å². The first-order valence-electron chi connectivity index (χ1n) is 6.67. The van der Waals surface area contributed by atoms with Crippen LogP contribution in [0.25, 0.3) is 0 Å². The van der Waals surface area contributed by atoms with Crippen LogP contribution in [0.2, 0.25) is 0 Å². The first kappa shape index (κ1) is 16.4. The van der Waals surface area contributed by atoms with Crippen molar-refractivity contribution in [1.82, 2.24) is 0 Å². The summed E-state index contributed by atoms with van der Waals surface area (Å²) in [5.74, 6) is -1.69. The van der Waals surface area contributed by atoms with Crippen molar-refractivity contribution < 1.29 is 17.2 Å². The Labute approximate surface area is 129 Å². The fraction of sp³-hybridized carbons (Fsp3) is 0.250. The lowest BCUT2D eigenvalue weighted by Crippen LogP contribution is -2.15. The van der Waals surface area contributed by atoms with Gasteiger partial charge in [0, 0.05) is 6.07 Å². The predicted octanol–water partition coefficient (Wildman–Crippen LogP) is 4.06. The van der Waals surface area contributed by atoms with Gasteiger partial charge in [0.1, 0.15) is 11.6 Å². The molecule has 0 fully saturated rings. The fourth-order valence-electron chi connectivity index (χ4n) is 1.96. The van der Waals surface area contributed by atoms with Crippen molar-refractivity contribution in [2.45, 2.75) is 31.1 Å². The topological polar surface area (TPSA) is 46.2 Å². The van der Waals surface area contributed by atoms with E-state index in [1.807, 2.05) is 20.8 Å². The average molecular weight is 325 g/mol. The zero-order chi connectivity index (χ0) is 16.5. The van der Waals surface area contributed by atoms with E-state index < -0.39 is 21.7 Å². The van der Waals surface area contributed by atoms with Gasteiger partial charge < -0.3 is 0 Å². The third kappa shape index (κ3) is 3.82. The molecule has 0 heterocycles. The van der Waals surface area contributed by atoms with Crippen LogP contribution >= 0.6 is 0 Å². The van der Waals surface area contributed by atoms with Crippen molar-refractivity contribution >= 4 is 15.7 Å². The zero-order valence-corrected chi connectivity index (χ0v) is 13.3. The van der Waals surface area contributed by atoms with Gasteiger partial charge in [-0.2, -0.15) is 0 Å². The lowest BCUT2D eigenvalue weighted by Gasteiger charge is -2.19. The molecule has 2 aromatic carbocycles. The third-order valence-electron chi connectivity index (χ3n) is 3.15. The van der Waals surface area contributed by atoms with Crippen LogP contribution in [0.15, 0.2) is 47.4 Å². The summed E-state index contributed by atoms with van der Waals surface area (Å²) in [7, 11) is -3.89. The molecule has 0 spiro atoms. The van der Waals surface area contributed by atoms with E-state index in [0.717, 1.165) is 17.7 Å². The molecule has 0 aromatic heterocycles. The van der Waals surface area contributed by atoms with Crippen molar-refractivity contribution in [3.63, 3.8) is 0 Å². The highest BCUT2D eigenvalue weighted by Gasteiger charge is 2.18. The Hall–Kier alpha value is -1.95. The van der Waals surface area contributed by atoms with Crippen LogP contribution in [0.5, 0.6) is 0 Å². The molecule has 22 heavy (non-hydrogen) atoms. The van der Waals surface area contributed by atoms with Gasteiger partial charge in [0.15, 0.2) is 0 Å². The molecule has 2 rings (SSSR count). The van der Waals surface area contributed by atoms with Crippen LogP contribution < -0.4 is 4.72 Å². The molecular weight excluding hydrogens is 308 g/mol. The van der Waals surface area contributed by atoms with E-state index in [1.54, 1.807) is 12.1 Å². The number of nitrogens with one attached hydrogen (secondary N) is 1. The molecule has 0 aliphatic rings. The highest BCUT2D eigenvalue weighted by Crippen LogP contribution is 2.24. The van der Waals surface area contributed by atoms with Gasteiger partial charge in [0.05, 0.1) is 10.6 Å². The molecule has 6 heteroatoms. The van der Waals surface area contributed by atoms with Crippen LogP contribution in [0.1, 0.15) is 26.3 Å². The summed E-state index contributed by atoms with van der Waals surface area (Å²) >= 11 is 0. The van der Waals surface area contributed by atoms with Crippen LogP contribution in [0.4, 0.5) is 14.5 Å². The molecular formula is C16H17F2NO2S. The second-order valence-electron chi connectivity index (χ2n) is 6.04. The van der Waals surface area contributed by atoms with E-state index in [9.17, 15) is 17.2 Å². The molecule has 0 saturated heterocycles. The Morgan fingerprint density at radius 2 is 1.41 bits per heavy atom. The Morgan fingerprint density at radius 1 is 0.909 bits per heavy atom. The number of anilines is 1. The summed E-state index contributed by atoms with van der Waals surface area (Å²) < 4.78 is 52.9. The van der Waals surface area contributed by atoms with Gasteiger partial charge in [-0.25, -0.2) is 17.2 Å². The van der Waals surface area contributed by atoms with Crippen LogP contribution in [0.3, 0.4) is 0 Å². The quantitative estimate of drug-likeness (QED) is 0.925. The second kappa shape index (κ2) is 5.68. The molecule has 0 aliphatic carbocycles. The molecule has 0 aliphatic heterocycles. The first-order valence-corrected chi connectivity index (χ1v) is 8.16. The molecule has 3 nitrogen and oxygen atoms in total. The third-order valence-corrected chi connectivity index (χ3v) is 4.54. The van der Waals surface area contributed by atoms with Gasteiger partial charge in [-0.3, -0.25) is 4.72 Å². The number of hydrogen-bond donors (Lipinski definition) is 1. The maximum Gasteiger partial charge on any atom is 0.261 e. The molecule has 0 saturated carbocycles. The lowest BCUT2D eigenvalue weighted by atomic mass is 9.87. The molecule has 0 unspecified atom stereocenters. The number of hydrogen-bond acceptors (Lipinski definition) is 2. The van der Waals surface area contributed by atoms with Crippen molar-refractivity contribution in [1.29, 1.82) is 0 Å². The fourth-order valence-corrected chi connectivity index (χ4v) is 3.00. The predicted molar refractivity (Wildman–Crippen MR) is 82.3 cm³/mol. The van der Waals surface area contributed by atoms with E-state index in [-0.39, 0.29) is 16.0 Å². The number of benzene rings is 2. The molecule has 118 valence electrons. The molecule has 1 N–H and O–H groups in total. The molecule has 0 atom stereocenters. The van der Waals surface area contributed by atoms with Gasteiger partial charge in [0.2, 0.25) is 0 Å². The van der Waals surface area contributed by atoms with E-state index >= 15 is 0 Å². The monoisotopic (exact) mass is 325 g/mol. The summed E-state index contributed by atoms with van der Waals surface area (Å²) in [5.41, 5.74) is 0.738. The summed E-state index contributed by atoms with van der Waals surface area (Å²) in [5, 5.41) is 0. The number of sulfonamides is 1. The largest absolute Gasteiger partial charge is 0.279 e. The molecule has 0 bridgehead atoms. The number of rotatable bonds is 3. The van der Waals surface area contributed by atoms with Crippen LogP contribution in [0, 0.1) is 11.6 Å². The molecule has 0 amide bonds. The SMILES string of the molecule is CC(C)(C)c1ccc(S(=O)(=O)Nc2cc(F)cc(F)c2)cc1. The molecule has 0 radical (unpaired) electrons. The Balaban J connectivity index is 2.30. The van der Waals surface area contributed by atoms with Crippen LogP contribution in [-0.2, 0) is 15.4 Å². The van der Waals surface area contributed by atoms with Gasteiger partial charge in [-0.15, -0.1) is 0 Å². The maximum absolute atomic E-state index is 13.1. The van der Waals surface area contributed by atoms with Gasteiger partial charge >= 0.3 is 0 Å². The van der Waals surface area contributed by atoms with E-state index in [4.69, 9.17) is 0 Å². The molecule has 2 aromatic rings. The first-order chi connectivity index (χ1) is 10.1. The minimum atomic E-state index is -3.89. The van der Waals surface area contributed by atoms with Crippen molar-refractivity contribution in [3.8, 4) is 0 Å². The van der Waals surface area contributed by atoms with E-state index in [2.05, 4.69) is 4.72 Å². The zero-order valence-electron chi connectivity index (χ0n) is 12.5. The highest BCUT2D eigenvalue weighted by atomic mass is 32.2. The Morgan fingerprint density at radius 3 is 1.86 bits per heavy atom. The normalized spacial score (nSPS) is 12.2. The van der Waals surface area contributed by atoms with Crippen molar-refractivity contribution in [2.24, 2.45) is 0 Å². The smallest absolute Gasteiger partial charge is 0.261 e. The standard InChI is InChI=1S/C16H17F2NO2S/c1-16(2,3)11-4-6-15(7-5-11)22(20,21)19-14-9-12(17)8-13(18)10-14/h4-10,19H,1-3H3. The lowest BCUT2D eigenvalue weighted by molar-refractivity contribution is 0.583. The van der Waals surface area contributed by atoms with Gasteiger partial charge in [0.25, 0.3) is 10.0 Å². The Kier molecular flexibility index (Phi) is 4.24. The minimum Gasteiger partial charge on any atom is -0.279 e.